The van der Waals surface area contributed by atoms with Crippen LogP contribution in [0.25, 0.3) is 0 Å². The van der Waals surface area contributed by atoms with Gasteiger partial charge in [0.25, 0.3) is 0 Å². The highest BCUT2D eigenvalue weighted by Gasteiger charge is 2.21. The first kappa shape index (κ1) is 9.68. The smallest absolute Gasteiger partial charge is 0.164 e. The van der Waals surface area contributed by atoms with Gasteiger partial charge in [-0.2, -0.15) is 0 Å². The standard InChI is InChI=1S/C9H11ClFN3/c10-9-7(11)4-6(5-13-9)14-3-1-2-8(14)12/h4-5,8H,1-3,12H2. The van der Waals surface area contributed by atoms with Gasteiger partial charge in [0.1, 0.15) is 0 Å². The molecule has 0 saturated carbocycles. The molecule has 1 atom stereocenters. The molecule has 1 aromatic heterocycles. The van der Waals surface area contributed by atoms with E-state index in [1.807, 2.05) is 4.90 Å². The lowest BCUT2D eigenvalue weighted by Gasteiger charge is -2.22. The number of hydrogen-bond acceptors (Lipinski definition) is 3. The highest BCUT2D eigenvalue weighted by Crippen LogP contribution is 2.24. The first-order valence-electron chi connectivity index (χ1n) is 4.52. The van der Waals surface area contributed by atoms with E-state index in [-0.39, 0.29) is 11.3 Å². The molecule has 5 heteroatoms. The predicted molar refractivity (Wildman–Crippen MR) is 53.8 cm³/mol. The molecule has 0 amide bonds. The Hall–Kier alpha value is -0.870. The minimum Gasteiger partial charge on any atom is -0.355 e. The fraction of sp³-hybridized carbons (Fsp3) is 0.444. The van der Waals surface area contributed by atoms with Gasteiger partial charge in [-0.05, 0) is 12.8 Å². The van der Waals surface area contributed by atoms with Crippen molar-refractivity contribution in [3.63, 3.8) is 0 Å². The number of hydrogen-bond donors (Lipinski definition) is 1. The van der Waals surface area contributed by atoms with E-state index >= 15 is 0 Å². The quantitative estimate of drug-likeness (QED) is 0.726. The maximum absolute atomic E-state index is 13.1. The van der Waals surface area contributed by atoms with Crippen molar-refractivity contribution in [3.8, 4) is 0 Å². The molecular formula is C9H11ClFN3. The lowest BCUT2D eigenvalue weighted by atomic mass is 10.3. The first-order valence-corrected chi connectivity index (χ1v) is 4.89. The van der Waals surface area contributed by atoms with E-state index in [1.165, 1.54) is 6.07 Å². The molecule has 0 radical (unpaired) electrons. The van der Waals surface area contributed by atoms with E-state index in [1.54, 1.807) is 6.20 Å². The number of nitrogens with zero attached hydrogens (tertiary/aromatic N) is 2. The number of anilines is 1. The molecule has 1 fully saturated rings. The topological polar surface area (TPSA) is 42.1 Å². The third kappa shape index (κ3) is 1.67. The van der Waals surface area contributed by atoms with E-state index in [0.717, 1.165) is 19.4 Å². The summed E-state index contributed by atoms with van der Waals surface area (Å²) in [5.41, 5.74) is 6.55. The molecule has 1 saturated heterocycles. The molecule has 0 spiro atoms. The molecule has 3 nitrogen and oxygen atoms in total. The summed E-state index contributed by atoms with van der Waals surface area (Å²) in [5.74, 6) is -0.497. The Morgan fingerprint density at radius 1 is 1.64 bits per heavy atom. The molecule has 0 aliphatic carbocycles. The van der Waals surface area contributed by atoms with E-state index in [0.29, 0.717) is 5.69 Å². The SMILES string of the molecule is NC1CCCN1c1cnc(Cl)c(F)c1. The molecule has 2 heterocycles. The Kier molecular flexibility index (Phi) is 2.56. The normalized spacial score (nSPS) is 21.6. The lowest BCUT2D eigenvalue weighted by Crippen LogP contribution is -2.36. The second-order valence-corrected chi connectivity index (χ2v) is 3.73. The first-order chi connectivity index (χ1) is 6.68. The largest absolute Gasteiger partial charge is 0.355 e. The second kappa shape index (κ2) is 3.71. The Bertz CT molecular complexity index is 345. The average Bonchev–Trinajstić information content (AvgIpc) is 2.57. The van der Waals surface area contributed by atoms with Crippen molar-refractivity contribution in [2.24, 2.45) is 5.73 Å². The summed E-state index contributed by atoms with van der Waals surface area (Å²) in [5, 5.41) is -0.0958. The minimum atomic E-state index is -0.497. The summed E-state index contributed by atoms with van der Waals surface area (Å²) in [4.78, 5) is 5.69. The molecular weight excluding hydrogens is 205 g/mol. The molecule has 0 bridgehead atoms. The highest BCUT2D eigenvalue weighted by molar-refractivity contribution is 6.29. The summed E-state index contributed by atoms with van der Waals surface area (Å²) >= 11 is 5.49. The Morgan fingerprint density at radius 2 is 2.43 bits per heavy atom. The van der Waals surface area contributed by atoms with Crippen LogP contribution in [0.4, 0.5) is 10.1 Å². The van der Waals surface area contributed by atoms with Gasteiger partial charge in [-0.1, -0.05) is 11.6 Å². The fourth-order valence-electron chi connectivity index (χ4n) is 1.68. The van der Waals surface area contributed by atoms with Gasteiger partial charge in [0.05, 0.1) is 18.1 Å². The summed E-state index contributed by atoms with van der Waals surface area (Å²) in [6.07, 6.45) is 3.49. The molecule has 76 valence electrons. The van der Waals surface area contributed by atoms with Crippen LogP contribution in [0.5, 0.6) is 0 Å². The molecule has 1 aliphatic rings. The Balaban J connectivity index is 2.28. The van der Waals surface area contributed by atoms with Crippen LogP contribution in [0.2, 0.25) is 5.15 Å². The van der Waals surface area contributed by atoms with Gasteiger partial charge in [0.2, 0.25) is 0 Å². The average molecular weight is 216 g/mol. The summed E-state index contributed by atoms with van der Waals surface area (Å²) < 4.78 is 13.1. The number of rotatable bonds is 1. The molecule has 14 heavy (non-hydrogen) atoms. The third-order valence-corrected chi connectivity index (χ3v) is 2.69. The molecule has 2 N–H and O–H groups in total. The van der Waals surface area contributed by atoms with Gasteiger partial charge in [-0.15, -0.1) is 0 Å². The molecule has 1 aromatic rings. The van der Waals surface area contributed by atoms with Crippen molar-refractivity contribution in [2.45, 2.75) is 19.0 Å². The van der Waals surface area contributed by atoms with Crippen molar-refractivity contribution < 1.29 is 4.39 Å². The molecule has 1 unspecified atom stereocenters. The summed E-state index contributed by atoms with van der Waals surface area (Å²) in [6, 6.07) is 1.38. The maximum Gasteiger partial charge on any atom is 0.164 e. The van der Waals surface area contributed by atoms with E-state index in [4.69, 9.17) is 17.3 Å². The van der Waals surface area contributed by atoms with Crippen LogP contribution >= 0.6 is 11.6 Å². The van der Waals surface area contributed by atoms with Gasteiger partial charge in [-0.25, -0.2) is 9.37 Å². The van der Waals surface area contributed by atoms with Crippen molar-refractivity contribution >= 4 is 17.3 Å². The van der Waals surface area contributed by atoms with Crippen molar-refractivity contribution in [3.05, 3.63) is 23.2 Å². The van der Waals surface area contributed by atoms with Gasteiger partial charge in [0.15, 0.2) is 11.0 Å². The van der Waals surface area contributed by atoms with Gasteiger partial charge in [-0.3, -0.25) is 0 Å². The maximum atomic E-state index is 13.1. The highest BCUT2D eigenvalue weighted by atomic mass is 35.5. The van der Waals surface area contributed by atoms with Gasteiger partial charge < -0.3 is 10.6 Å². The molecule has 1 aliphatic heterocycles. The van der Waals surface area contributed by atoms with Crippen LogP contribution in [-0.2, 0) is 0 Å². The van der Waals surface area contributed by atoms with Crippen LogP contribution in [-0.4, -0.2) is 17.7 Å². The Morgan fingerprint density at radius 3 is 3.00 bits per heavy atom. The van der Waals surface area contributed by atoms with Crippen molar-refractivity contribution in [2.75, 3.05) is 11.4 Å². The lowest BCUT2D eigenvalue weighted by molar-refractivity contribution is 0.618. The zero-order chi connectivity index (χ0) is 10.1. The number of halogens is 2. The summed E-state index contributed by atoms with van der Waals surface area (Å²) in [7, 11) is 0. The molecule has 2 rings (SSSR count). The van der Waals surface area contributed by atoms with Crippen LogP contribution in [0.3, 0.4) is 0 Å². The number of pyridine rings is 1. The second-order valence-electron chi connectivity index (χ2n) is 3.37. The number of nitrogens with two attached hydrogens (primary N) is 1. The predicted octanol–water partition coefficient (Wildman–Crippen LogP) is 1.76. The van der Waals surface area contributed by atoms with Crippen molar-refractivity contribution in [1.82, 2.24) is 4.98 Å². The zero-order valence-electron chi connectivity index (χ0n) is 7.58. The van der Waals surface area contributed by atoms with Crippen LogP contribution in [0, 0.1) is 5.82 Å². The molecule has 0 aromatic carbocycles. The van der Waals surface area contributed by atoms with Gasteiger partial charge >= 0.3 is 0 Å². The third-order valence-electron chi connectivity index (χ3n) is 2.41. The van der Waals surface area contributed by atoms with Gasteiger partial charge in [0, 0.05) is 12.6 Å². The van der Waals surface area contributed by atoms with E-state index in [2.05, 4.69) is 4.98 Å². The van der Waals surface area contributed by atoms with Crippen molar-refractivity contribution in [1.29, 1.82) is 0 Å². The monoisotopic (exact) mass is 215 g/mol. The van der Waals surface area contributed by atoms with E-state index < -0.39 is 5.82 Å². The Labute approximate surface area is 86.7 Å². The van der Waals surface area contributed by atoms with Crippen LogP contribution in [0.15, 0.2) is 12.3 Å². The van der Waals surface area contributed by atoms with Crippen LogP contribution in [0.1, 0.15) is 12.8 Å². The summed E-state index contributed by atoms with van der Waals surface area (Å²) in [6.45, 7) is 0.851. The zero-order valence-corrected chi connectivity index (χ0v) is 8.34. The minimum absolute atomic E-state index is 0.0302. The van der Waals surface area contributed by atoms with E-state index in [9.17, 15) is 4.39 Å². The van der Waals surface area contributed by atoms with Crippen LogP contribution < -0.4 is 10.6 Å². The number of aromatic nitrogens is 1. The fourth-order valence-corrected chi connectivity index (χ4v) is 1.78.